The lowest BCUT2D eigenvalue weighted by Crippen LogP contribution is -2.08. The molecular weight excluding hydrogens is 400 g/mol. The highest BCUT2D eigenvalue weighted by Gasteiger charge is 2.15. The van der Waals surface area contributed by atoms with E-state index in [1.54, 1.807) is 24.3 Å². The number of benzene rings is 2. The van der Waals surface area contributed by atoms with Crippen molar-refractivity contribution in [3.8, 4) is 11.5 Å². The maximum Gasteiger partial charge on any atom is 0.379 e. The van der Waals surface area contributed by atoms with E-state index in [1.165, 1.54) is 43.9 Å². The van der Waals surface area contributed by atoms with Crippen molar-refractivity contribution < 1.29 is 28.6 Å². The zero-order chi connectivity index (χ0) is 20.8. The minimum atomic E-state index is -1.07. The second-order valence-electron chi connectivity index (χ2n) is 5.65. The van der Waals surface area contributed by atoms with E-state index in [1.807, 2.05) is 0 Å². The number of hydrogen-bond donors (Lipinski definition) is 2. The van der Waals surface area contributed by atoms with Gasteiger partial charge in [0.1, 0.15) is 0 Å². The van der Waals surface area contributed by atoms with Gasteiger partial charge in [-0.15, -0.1) is 0 Å². The first-order valence-corrected chi connectivity index (χ1v) is 8.61. The minimum absolute atomic E-state index is 0.0716. The van der Waals surface area contributed by atoms with Crippen LogP contribution in [0.15, 0.2) is 64.3 Å². The van der Waals surface area contributed by atoms with Crippen LogP contribution in [0.5, 0.6) is 11.5 Å². The molecule has 1 aromatic heterocycles. The molecule has 3 rings (SSSR count). The first-order valence-electron chi connectivity index (χ1n) is 8.23. The summed E-state index contributed by atoms with van der Waals surface area (Å²) in [6, 6.07) is 12.1. The summed E-state index contributed by atoms with van der Waals surface area (Å²) >= 11 is 6.04. The molecule has 0 amide bonds. The molecule has 1 heterocycles. The van der Waals surface area contributed by atoms with Crippen LogP contribution in [-0.2, 0) is 0 Å². The molecule has 0 fully saturated rings. The molecule has 0 atom stereocenters. The number of anilines is 1. The number of carboxylic acids is 1. The quantitative estimate of drug-likeness (QED) is 0.256. The summed E-state index contributed by atoms with van der Waals surface area (Å²) in [5.74, 6) is -1.11. The first-order chi connectivity index (χ1) is 14.0. The van der Waals surface area contributed by atoms with Gasteiger partial charge in [-0.25, -0.2) is 9.59 Å². The fourth-order valence-electron chi connectivity index (χ4n) is 2.31. The number of carboxylic acid groups (broad SMARTS) is 1. The minimum Gasteiger partial charge on any atom is -0.493 e. The third kappa shape index (κ3) is 4.94. The number of halogens is 1. The van der Waals surface area contributed by atoms with Crippen molar-refractivity contribution in [2.24, 2.45) is 5.10 Å². The number of ether oxygens (including phenoxy) is 2. The molecule has 0 unspecified atom stereocenters. The molecule has 0 spiro atoms. The Morgan fingerprint density at radius 3 is 2.69 bits per heavy atom. The van der Waals surface area contributed by atoms with Crippen LogP contribution >= 0.6 is 11.6 Å². The lowest BCUT2D eigenvalue weighted by molar-refractivity contribution is 0.0687. The Morgan fingerprint density at radius 1 is 1.17 bits per heavy atom. The molecular formula is C20H15ClN2O6. The Morgan fingerprint density at radius 2 is 2.00 bits per heavy atom. The Bertz CT molecular complexity index is 1060. The van der Waals surface area contributed by atoms with Crippen molar-refractivity contribution in [2.45, 2.75) is 0 Å². The summed E-state index contributed by atoms with van der Waals surface area (Å²) in [7, 11) is 1.44. The Labute approximate surface area is 170 Å². The zero-order valence-corrected chi connectivity index (χ0v) is 15.8. The largest absolute Gasteiger partial charge is 0.493 e. The van der Waals surface area contributed by atoms with Crippen molar-refractivity contribution in [2.75, 3.05) is 12.5 Å². The maximum atomic E-state index is 12.0. The Kier molecular flexibility index (Phi) is 6.16. The predicted molar refractivity (Wildman–Crippen MR) is 106 cm³/mol. The lowest BCUT2D eigenvalue weighted by Gasteiger charge is -2.09. The second-order valence-corrected chi connectivity index (χ2v) is 6.05. The van der Waals surface area contributed by atoms with E-state index in [0.29, 0.717) is 22.0 Å². The predicted octanol–water partition coefficient (Wildman–Crippen LogP) is 4.31. The highest BCUT2D eigenvalue weighted by Crippen LogP contribution is 2.28. The van der Waals surface area contributed by atoms with Crippen LogP contribution < -0.4 is 14.9 Å². The lowest BCUT2D eigenvalue weighted by atomic mass is 10.2. The number of carbonyl (C=O) groups excluding carboxylic acids is 1. The molecule has 0 aliphatic carbocycles. The summed E-state index contributed by atoms with van der Waals surface area (Å²) in [6.45, 7) is 0. The van der Waals surface area contributed by atoms with Crippen LogP contribution in [0, 0.1) is 0 Å². The fraction of sp³-hybridized carbons (Fsp3) is 0.0500. The number of nitrogens with zero attached hydrogens (tertiary/aromatic N) is 1. The molecule has 0 aliphatic heterocycles. The number of carbonyl (C=O) groups is 2. The van der Waals surface area contributed by atoms with Crippen LogP contribution in [0.4, 0.5) is 5.69 Å². The number of furan rings is 1. The molecule has 8 nitrogen and oxygen atoms in total. The van der Waals surface area contributed by atoms with Gasteiger partial charge in [0.2, 0.25) is 5.76 Å². The Hall–Kier alpha value is -3.78. The van der Waals surface area contributed by atoms with Gasteiger partial charge in [-0.2, -0.15) is 5.10 Å². The standard InChI is InChI=1S/C20H15ClN2O6/c1-27-18-9-12(4-7-16(18)29-20(26)17-3-2-8-28-17)11-22-23-15-10-13(19(24)25)5-6-14(15)21/h2-11,23H,1H3,(H,24,25)/b22-11+. The van der Waals surface area contributed by atoms with Crippen molar-refractivity contribution in [1.82, 2.24) is 0 Å². The number of hydrazone groups is 1. The van der Waals surface area contributed by atoms with E-state index in [4.69, 9.17) is 30.6 Å². The summed E-state index contributed by atoms with van der Waals surface area (Å²) in [4.78, 5) is 23.1. The normalized spacial score (nSPS) is 10.7. The summed E-state index contributed by atoms with van der Waals surface area (Å²) in [6.07, 6.45) is 2.85. The molecule has 0 bridgehead atoms. The van der Waals surface area contributed by atoms with Crippen molar-refractivity contribution in [3.05, 3.63) is 76.7 Å². The van der Waals surface area contributed by atoms with Gasteiger partial charge in [0.15, 0.2) is 11.5 Å². The van der Waals surface area contributed by atoms with Gasteiger partial charge in [-0.1, -0.05) is 11.6 Å². The van der Waals surface area contributed by atoms with Crippen molar-refractivity contribution >= 4 is 35.4 Å². The summed E-state index contributed by atoms with van der Waals surface area (Å²) in [5.41, 5.74) is 3.76. The molecule has 0 radical (unpaired) electrons. The fourth-order valence-corrected chi connectivity index (χ4v) is 2.47. The average molecular weight is 415 g/mol. The van der Waals surface area contributed by atoms with Gasteiger partial charge in [0, 0.05) is 0 Å². The van der Waals surface area contributed by atoms with Gasteiger partial charge in [-0.3, -0.25) is 5.43 Å². The Balaban J connectivity index is 1.72. The van der Waals surface area contributed by atoms with E-state index < -0.39 is 11.9 Å². The molecule has 0 saturated heterocycles. The molecule has 3 aromatic rings. The number of nitrogens with one attached hydrogen (secondary N) is 1. The zero-order valence-electron chi connectivity index (χ0n) is 15.1. The molecule has 9 heteroatoms. The molecule has 0 aliphatic rings. The second kappa shape index (κ2) is 8.94. The van der Waals surface area contributed by atoms with Gasteiger partial charge >= 0.3 is 11.9 Å². The average Bonchev–Trinajstić information content (AvgIpc) is 3.25. The highest BCUT2D eigenvalue weighted by atomic mass is 35.5. The van der Waals surface area contributed by atoms with Gasteiger partial charge in [0.05, 0.1) is 35.9 Å². The summed E-state index contributed by atoms with van der Waals surface area (Å²) in [5, 5.41) is 13.4. The van der Waals surface area contributed by atoms with Gasteiger partial charge < -0.3 is 19.0 Å². The van der Waals surface area contributed by atoms with E-state index in [9.17, 15) is 9.59 Å². The number of aromatic carboxylic acids is 1. The number of hydrogen-bond acceptors (Lipinski definition) is 7. The molecule has 0 saturated carbocycles. The molecule has 148 valence electrons. The van der Waals surface area contributed by atoms with Crippen LogP contribution in [0.3, 0.4) is 0 Å². The van der Waals surface area contributed by atoms with Crippen LogP contribution in [0.25, 0.3) is 0 Å². The first kappa shape index (κ1) is 20.0. The monoisotopic (exact) mass is 414 g/mol. The van der Waals surface area contributed by atoms with Gasteiger partial charge in [-0.05, 0) is 54.1 Å². The smallest absolute Gasteiger partial charge is 0.379 e. The summed E-state index contributed by atoms with van der Waals surface area (Å²) < 4.78 is 15.5. The van der Waals surface area contributed by atoms with E-state index in [2.05, 4.69) is 10.5 Å². The van der Waals surface area contributed by atoms with E-state index in [0.717, 1.165) is 0 Å². The van der Waals surface area contributed by atoms with E-state index in [-0.39, 0.29) is 17.1 Å². The number of esters is 1. The number of rotatable bonds is 7. The van der Waals surface area contributed by atoms with Crippen molar-refractivity contribution in [1.29, 1.82) is 0 Å². The van der Waals surface area contributed by atoms with Crippen LogP contribution in [-0.4, -0.2) is 30.4 Å². The topological polar surface area (TPSA) is 110 Å². The van der Waals surface area contributed by atoms with Crippen molar-refractivity contribution in [3.63, 3.8) is 0 Å². The number of methoxy groups -OCH3 is 1. The van der Waals surface area contributed by atoms with E-state index >= 15 is 0 Å². The molecule has 29 heavy (non-hydrogen) atoms. The third-order valence-electron chi connectivity index (χ3n) is 3.72. The molecule has 2 N–H and O–H groups in total. The SMILES string of the molecule is COc1cc(/C=N/Nc2cc(C(=O)O)ccc2Cl)ccc1OC(=O)c1ccco1. The highest BCUT2D eigenvalue weighted by molar-refractivity contribution is 6.33. The van der Waals surface area contributed by atoms with Crippen LogP contribution in [0.1, 0.15) is 26.5 Å². The van der Waals surface area contributed by atoms with Gasteiger partial charge in [0.25, 0.3) is 0 Å². The maximum absolute atomic E-state index is 12.0. The molecule has 2 aromatic carbocycles. The van der Waals surface area contributed by atoms with Crippen LogP contribution in [0.2, 0.25) is 5.02 Å². The third-order valence-corrected chi connectivity index (χ3v) is 4.05.